The van der Waals surface area contributed by atoms with Crippen molar-refractivity contribution in [2.24, 2.45) is 0 Å². The highest BCUT2D eigenvalue weighted by molar-refractivity contribution is 14.1. The van der Waals surface area contributed by atoms with Gasteiger partial charge in [-0.05, 0) is 45.2 Å². The molecule has 0 bridgehead atoms. The Morgan fingerprint density at radius 1 is 1.47 bits per heavy atom. The highest BCUT2D eigenvalue weighted by Crippen LogP contribution is 2.14. The molecule has 0 saturated carbocycles. The molecular weight excluding hydrogens is 422 g/mol. The lowest BCUT2D eigenvalue weighted by atomic mass is 10.5. The zero-order chi connectivity index (χ0) is 10.8. The van der Waals surface area contributed by atoms with Gasteiger partial charge in [0.25, 0.3) is 0 Å². The third-order valence-corrected chi connectivity index (χ3v) is 4.81. The molecule has 15 heavy (non-hydrogen) atoms. The van der Waals surface area contributed by atoms with Gasteiger partial charge in [-0.1, -0.05) is 12.1 Å². The summed E-state index contributed by atoms with van der Waals surface area (Å²) in [7, 11) is 0. The average Bonchev–Trinajstić information content (AvgIpc) is 2.80. The fourth-order valence-corrected chi connectivity index (χ4v) is 1.97. The maximum absolute atomic E-state index is 5.03. The van der Waals surface area contributed by atoms with Gasteiger partial charge in [-0.3, -0.25) is 0 Å². The minimum atomic E-state index is 0.609. The molecule has 2 aromatic rings. The van der Waals surface area contributed by atoms with Gasteiger partial charge >= 0.3 is 0 Å². The Morgan fingerprint density at radius 3 is 2.80 bits per heavy atom. The van der Waals surface area contributed by atoms with Crippen molar-refractivity contribution in [1.82, 2.24) is 19.7 Å². The average molecular weight is 430 g/mol. The molecule has 2 heterocycles. The number of rotatable bonds is 3. The van der Waals surface area contributed by atoms with Crippen LogP contribution >= 0.6 is 45.2 Å². The molecule has 0 atom stereocenters. The normalized spacial score (nSPS) is 10.9. The van der Waals surface area contributed by atoms with Crippen molar-refractivity contribution < 1.29 is 4.52 Å². The predicted octanol–water partition coefficient (Wildman–Crippen LogP) is 2.09. The highest BCUT2D eigenvalue weighted by atomic mass is 127. The van der Waals surface area contributed by atoms with Gasteiger partial charge in [-0.15, -0.1) is 0 Å². The quantitative estimate of drug-likeness (QED) is 0.701. The van der Waals surface area contributed by atoms with Crippen LogP contribution in [0, 0.1) is 7.40 Å². The van der Waals surface area contributed by atoms with Gasteiger partial charge in [0.05, 0.1) is 12.9 Å². The predicted molar refractivity (Wildman–Crippen MR) is 70.4 cm³/mol. The SMILES string of the molecule is CCc1nc(Cn2cnc(I)c2I)no1. The molecule has 0 saturated heterocycles. The van der Waals surface area contributed by atoms with Crippen molar-refractivity contribution in [1.29, 1.82) is 0 Å². The summed E-state index contributed by atoms with van der Waals surface area (Å²) in [5, 5.41) is 3.89. The molecule has 0 unspecified atom stereocenters. The van der Waals surface area contributed by atoms with Crippen LogP contribution < -0.4 is 0 Å². The van der Waals surface area contributed by atoms with E-state index in [9.17, 15) is 0 Å². The highest BCUT2D eigenvalue weighted by Gasteiger charge is 2.09. The lowest BCUT2D eigenvalue weighted by molar-refractivity contribution is 0.375. The van der Waals surface area contributed by atoms with Gasteiger partial charge < -0.3 is 9.09 Å². The monoisotopic (exact) mass is 430 g/mol. The zero-order valence-electron chi connectivity index (χ0n) is 7.94. The first-order chi connectivity index (χ1) is 7.20. The minimum Gasteiger partial charge on any atom is -0.339 e. The number of halogens is 2. The summed E-state index contributed by atoms with van der Waals surface area (Å²) in [6, 6.07) is 0. The molecule has 0 aliphatic heterocycles. The Morgan fingerprint density at radius 2 is 2.27 bits per heavy atom. The van der Waals surface area contributed by atoms with Crippen molar-refractivity contribution >= 4 is 45.2 Å². The third kappa shape index (κ3) is 2.49. The fraction of sp³-hybridized carbons (Fsp3) is 0.375. The summed E-state index contributed by atoms with van der Waals surface area (Å²) < 4.78 is 9.11. The van der Waals surface area contributed by atoms with Crippen LogP contribution in [0.5, 0.6) is 0 Å². The lowest BCUT2D eigenvalue weighted by Crippen LogP contribution is -2.02. The van der Waals surface area contributed by atoms with Crippen LogP contribution in [0.2, 0.25) is 0 Å². The van der Waals surface area contributed by atoms with Crippen LogP contribution in [0.3, 0.4) is 0 Å². The second-order valence-corrected chi connectivity index (χ2v) is 4.96. The third-order valence-electron chi connectivity index (χ3n) is 1.86. The molecule has 0 aliphatic rings. The summed E-state index contributed by atoms with van der Waals surface area (Å²) in [5.41, 5.74) is 0. The van der Waals surface area contributed by atoms with E-state index in [0.29, 0.717) is 18.3 Å². The molecule has 2 rings (SSSR count). The van der Waals surface area contributed by atoms with E-state index >= 15 is 0 Å². The zero-order valence-corrected chi connectivity index (χ0v) is 12.3. The topological polar surface area (TPSA) is 56.7 Å². The van der Waals surface area contributed by atoms with Crippen LogP contribution in [-0.4, -0.2) is 19.7 Å². The number of aryl methyl sites for hydroxylation is 1. The molecule has 80 valence electrons. The van der Waals surface area contributed by atoms with Crippen LogP contribution in [0.4, 0.5) is 0 Å². The van der Waals surface area contributed by atoms with E-state index in [1.54, 1.807) is 6.33 Å². The molecular formula is C8H8I2N4O. The number of nitrogens with zero attached hydrogens (tertiary/aromatic N) is 4. The summed E-state index contributed by atoms with van der Waals surface area (Å²) >= 11 is 4.45. The van der Waals surface area contributed by atoms with Crippen LogP contribution in [0.1, 0.15) is 18.6 Å². The fourth-order valence-electron chi connectivity index (χ4n) is 1.10. The number of hydrogen-bond donors (Lipinski definition) is 0. The first-order valence-electron chi connectivity index (χ1n) is 4.38. The van der Waals surface area contributed by atoms with Crippen molar-refractivity contribution in [3.05, 3.63) is 25.4 Å². The molecule has 2 aromatic heterocycles. The van der Waals surface area contributed by atoms with Crippen LogP contribution in [0.25, 0.3) is 0 Å². The Balaban J connectivity index is 2.18. The van der Waals surface area contributed by atoms with Crippen molar-refractivity contribution in [3.8, 4) is 0 Å². The second kappa shape index (κ2) is 4.76. The summed E-state index contributed by atoms with van der Waals surface area (Å²) in [5.74, 6) is 1.37. The summed E-state index contributed by atoms with van der Waals surface area (Å²) in [4.78, 5) is 8.44. The molecule has 5 nitrogen and oxygen atoms in total. The van der Waals surface area contributed by atoms with Gasteiger partial charge in [0.15, 0.2) is 5.82 Å². The van der Waals surface area contributed by atoms with E-state index in [1.807, 2.05) is 11.5 Å². The van der Waals surface area contributed by atoms with Gasteiger partial charge in [-0.2, -0.15) is 4.98 Å². The van der Waals surface area contributed by atoms with Crippen molar-refractivity contribution in [3.63, 3.8) is 0 Å². The molecule has 0 radical (unpaired) electrons. The van der Waals surface area contributed by atoms with Crippen molar-refractivity contribution in [2.45, 2.75) is 19.9 Å². The van der Waals surface area contributed by atoms with Crippen LogP contribution in [-0.2, 0) is 13.0 Å². The molecule has 0 N–H and O–H groups in total. The molecule has 0 aliphatic carbocycles. The van der Waals surface area contributed by atoms with E-state index in [0.717, 1.165) is 13.8 Å². The lowest BCUT2D eigenvalue weighted by Gasteiger charge is -1.98. The molecule has 7 heteroatoms. The van der Waals surface area contributed by atoms with Crippen molar-refractivity contribution in [2.75, 3.05) is 0 Å². The van der Waals surface area contributed by atoms with Crippen LogP contribution in [0.15, 0.2) is 10.9 Å². The standard InChI is InChI=1S/C8H8I2N4O/c1-2-6-12-5(13-15-6)3-14-4-11-7(9)8(14)10/h4H,2-3H2,1H3. The Bertz CT molecular complexity index is 465. The maximum atomic E-state index is 5.03. The minimum absolute atomic E-state index is 0.609. The number of imidazole rings is 1. The molecule has 0 fully saturated rings. The van der Waals surface area contributed by atoms with E-state index in [-0.39, 0.29) is 0 Å². The molecule has 0 spiro atoms. The maximum Gasteiger partial charge on any atom is 0.226 e. The Labute approximate surface area is 114 Å². The van der Waals surface area contributed by atoms with E-state index < -0.39 is 0 Å². The van der Waals surface area contributed by atoms with E-state index in [1.165, 1.54) is 0 Å². The summed E-state index contributed by atoms with van der Waals surface area (Å²) in [6.07, 6.45) is 2.55. The number of hydrogen-bond acceptors (Lipinski definition) is 4. The number of aromatic nitrogens is 4. The first kappa shape index (κ1) is 11.3. The Kier molecular flexibility index (Phi) is 3.59. The smallest absolute Gasteiger partial charge is 0.226 e. The summed E-state index contributed by atoms with van der Waals surface area (Å²) in [6.45, 7) is 2.60. The second-order valence-electron chi connectivity index (χ2n) is 2.91. The molecule has 0 amide bonds. The van der Waals surface area contributed by atoms with Gasteiger partial charge in [0, 0.05) is 6.42 Å². The molecule has 0 aromatic carbocycles. The van der Waals surface area contributed by atoms with E-state index in [4.69, 9.17) is 4.52 Å². The first-order valence-corrected chi connectivity index (χ1v) is 6.54. The van der Waals surface area contributed by atoms with Gasteiger partial charge in [0.1, 0.15) is 7.40 Å². The largest absolute Gasteiger partial charge is 0.339 e. The van der Waals surface area contributed by atoms with Gasteiger partial charge in [0.2, 0.25) is 5.89 Å². The Hall–Kier alpha value is -0.190. The van der Waals surface area contributed by atoms with Gasteiger partial charge in [-0.25, -0.2) is 4.98 Å². The van der Waals surface area contributed by atoms with E-state index in [2.05, 4.69) is 60.3 Å².